The molecule has 0 amide bonds. The Hall–Kier alpha value is -1.70. The van der Waals surface area contributed by atoms with Gasteiger partial charge in [0.15, 0.2) is 0 Å². The smallest absolute Gasteiger partial charge is 0.0300 e. The van der Waals surface area contributed by atoms with E-state index in [1.807, 2.05) is 24.7 Å². The van der Waals surface area contributed by atoms with Crippen LogP contribution in [0.4, 0.5) is 0 Å². The van der Waals surface area contributed by atoms with Crippen molar-refractivity contribution in [3.63, 3.8) is 0 Å². The molecule has 0 unspecified atom stereocenters. The van der Waals surface area contributed by atoms with Crippen LogP contribution in [0, 0.1) is 6.92 Å². The van der Waals surface area contributed by atoms with Crippen molar-refractivity contribution >= 4 is 0 Å². The second-order valence-corrected chi connectivity index (χ2v) is 3.73. The number of hydrogen-bond acceptors (Lipinski definition) is 2. The first-order valence-electron chi connectivity index (χ1n) is 5.14. The van der Waals surface area contributed by atoms with Crippen LogP contribution in [0.15, 0.2) is 43.0 Å². The van der Waals surface area contributed by atoms with Gasteiger partial charge in [0.2, 0.25) is 0 Å². The monoisotopic (exact) mass is 198 g/mol. The Bertz CT molecular complexity index is 424. The van der Waals surface area contributed by atoms with Crippen LogP contribution in [0.5, 0.6) is 0 Å². The van der Waals surface area contributed by atoms with E-state index in [1.165, 1.54) is 16.7 Å². The maximum Gasteiger partial charge on any atom is 0.0300 e. The summed E-state index contributed by atoms with van der Waals surface area (Å²) in [6, 6.07) is 6.27. The second kappa shape index (κ2) is 4.69. The predicted octanol–water partition coefficient (Wildman–Crippen LogP) is 2.57. The van der Waals surface area contributed by atoms with Gasteiger partial charge in [0.1, 0.15) is 0 Å². The predicted molar refractivity (Wildman–Crippen MR) is 60.6 cm³/mol. The van der Waals surface area contributed by atoms with Crippen molar-refractivity contribution in [2.24, 2.45) is 0 Å². The summed E-state index contributed by atoms with van der Waals surface area (Å²) in [6.07, 6.45) is 9.59. The van der Waals surface area contributed by atoms with E-state index < -0.39 is 0 Å². The van der Waals surface area contributed by atoms with Gasteiger partial charge < -0.3 is 0 Å². The molecule has 0 radical (unpaired) electrons. The molecule has 0 saturated carbocycles. The normalized spacial score (nSPS) is 10.2. The highest BCUT2D eigenvalue weighted by Gasteiger charge is 1.96. The lowest BCUT2D eigenvalue weighted by atomic mass is 10.1. The molecule has 0 spiro atoms. The van der Waals surface area contributed by atoms with Crippen LogP contribution in [0.1, 0.15) is 16.7 Å². The second-order valence-electron chi connectivity index (χ2n) is 3.73. The molecule has 2 rings (SSSR count). The summed E-state index contributed by atoms with van der Waals surface area (Å²) in [5.74, 6) is 0. The number of nitrogens with zero attached hydrogens (tertiary/aromatic N) is 2. The van der Waals surface area contributed by atoms with Gasteiger partial charge in [0.25, 0.3) is 0 Å². The summed E-state index contributed by atoms with van der Waals surface area (Å²) in [4.78, 5) is 8.28. The number of pyridine rings is 2. The molecule has 15 heavy (non-hydrogen) atoms. The van der Waals surface area contributed by atoms with Gasteiger partial charge in [-0.15, -0.1) is 0 Å². The zero-order valence-electron chi connectivity index (χ0n) is 8.85. The average molecular weight is 198 g/mol. The lowest BCUT2D eigenvalue weighted by Gasteiger charge is -2.01. The molecular weight excluding hydrogens is 184 g/mol. The first kappa shape index (κ1) is 9.84. The van der Waals surface area contributed by atoms with E-state index >= 15 is 0 Å². The van der Waals surface area contributed by atoms with E-state index in [4.69, 9.17) is 0 Å². The van der Waals surface area contributed by atoms with Gasteiger partial charge in [-0.3, -0.25) is 9.97 Å². The van der Waals surface area contributed by atoms with Crippen molar-refractivity contribution in [1.82, 2.24) is 9.97 Å². The molecule has 0 aromatic carbocycles. The Balaban J connectivity index is 1.99. The summed E-state index contributed by atoms with van der Waals surface area (Å²) < 4.78 is 0. The Morgan fingerprint density at radius 3 is 2.53 bits per heavy atom. The molecule has 0 saturated heterocycles. The molecule has 2 aromatic heterocycles. The lowest BCUT2D eigenvalue weighted by Crippen LogP contribution is -1.93. The number of aromatic nitrogens is 2. The van der Waals surface area contributed by atoms with Crippen LogP contribution in [-0.2, 0) is 12.8 Å². The van der Waals surface area contributed by atoms with Crippen molar-refractivity contribution in [3.05, 3.63) is 59.7 Å². The van der Waals surface area contributed by atoms with Crippen LogP contribution in [0.25, 0.3) is 0 Å². The summed E-state index contributed by atoms with van der Waals surface area (Å²) >= 11 is 0. The van der Waals surface area contributed by atoms with Gasteiger partial charge in [0.05, 0.1) is 0 Å². The molecule has 2 nitrogen and oxygen atoms in total. The van der Waals surface area contributed by atoms with Gasteiger partial charge in [0, 0.05) is 24.8 Å². The standard InChI is InChI=1S/C13H14N2/c1-11-7-13(10-15-8-11)5-4-12-3-2-6-14-9-12/h2-3,6-10H,4-5H2,1H3. The van der Waals surface area contributed by atoms with Gasteiger partial charge >= 0.3 is 0 Å². The van der Waals surface area contributed by atoms with Crippen LogP contribution in [0.2, 0.25) is 0 Å². The van der Waals surface area contributed by atoms with Gasteiger partial charge in [-0.1, -0.05) is 12.1 Å². The summed E-state index contributed by atoms with van der Waals surface area (Å²) in [5.41, 5.74) is 3.79. The molecule has 2 aromatic rings. The Morgan fingerprint density at radius 2 is 1.80 bits per heavy atom. The third-order valence-corrected chi connectivity index (χ3v) is 2.36. The number of aryl methyl sites for hydroxylation is 3. The number of rotatable bonds is 3. The van der Waals surface area contributed by atoms with Crippen LogP contribution >= 0.6 is 0 Å². The minimum Gasteiger partial charge on any atom is -0.264 e. The minimum absolute atomic E-state index is 1.03. The van der Waals surface area contributed by atoms with Crippen molar-refractivity contribution in [3.8, 4) is 0 Å². The topological polar surface area (TPSA) is 25.8 Å². The van der Waals surface area contributed by atoms with E-state index in [0.717, 1.165) is 12.8 Å². The molecule has 0 fully saturated rings. The largest absolute Gasteiger partial charge is 0.264 e. The highest BCUT2D eigenvalue weighted by molar-refractivity contribution is 5.19. The Labute approximate surface area is 90.0 Å². The van der Waals surface area contributed by atoms with Crippen LogP contribution < -0.4 is 0 Å². The maximum atomic E-state index is 4.18. The van der Waals surface area contributed by atoms with E-state index in [0.29, 0.717) is 0 Å². The third kappa shape index (κ3) is 2.88. The quantitative estimate of drug-likeness (QED) is 0.757. The fraction of sp³-hybridized carbons (Fsp3) is 0.231. The van der Waals surface area contributed by atoms with Crippen molar-refractivity contribution < 1.29 is 0 Å². The summed E-state index contributed by atoms with van der Waals surface area (Å²) in [6.45, 7) is 2.07. The zero-order valence-corrected chi connectivity index (χ0v) is 8.85. The Kier molecular flexibility index (Phi) is 3.08. The zero-order chi connectivity index (χ0) is 10.5. The molecule has 0 aliphatic rings. The van der Waals surface area contributed by atoms with E-state index in [2.05, 4.69) is 29.0 Å². The average Bonchev–Trinajstić information content (AvgIpc) is 2.28. The molecule has 0 aliphatic carbocycles. The Morgan fingerprint density at radius 1 is 1.00 bits per heavy atom. The SMILES string of the molecule is Cc1cncc(CCc2cccnc2)c1. The van der Waals surface area contributed by atoms with Gasteiger partial charge in [-0.25, -0.2) is 0 Å². The molecule has 2 heteroatoms. The molecular formula is C13H14N2. The third-order valence-electron chi connectivity index (χ3n) is 2.36. The van der Waals surface area contributed by atoms with E-state index in [9.17, 15) is 0 Å². The van der Waals surface area contributed by atoms with Crippen molar-refractivity contribution in [1.29, 1.82) is 0 Å². The fourth-order valence-electron chi connectivity index (χ4n) is 1.59. The minimum atomic E-state index is 1.03. The summed E-state index contributed by atoms with van der Waals surface area (Å²) in [5, 5.41) is 0. The first-order chi connectivity index (χ1) is 7.34. The molecule has 0 N–H and O–H groups in total. The highest BCUT2D eigenvalue weighted by Crippen LogP contribution is 2.06. The summed E-state index contributed by atoms with van der Waals surface area (Å²) in [7, 11) is 0. The fourth-order valence-corrected chi connectivity index (χ4v) is 1.59. The van der Waals surface area contributed by atoms with Gasteiger partial charge in [-0.05, 0) is 42.5 Å². The molecule has 2 heterocycles. The highest BCUT2D eigenvalue weighted by atomic mass is 14.6. The van der Waals surface area contributed by atoms with Crippen LogP contribution in [0.3, 0.4) is 0 Å². The first-order valence-corrected chi connectivity index (χ1v) is 5.14. The molecule has 0 bridgehead atoms. The molecule has 0 atom stereocenters. The number of hydrogen-bond donors (Lipinski definition) is 0. The molecule has 0 aliphatic heterocycles. The lowest BCUT2D eigenvalue weighted by molar-refractivity contribution is 0.937. The molecule has 76 valence electrons. The van der Waals surface area contributed by atoms with Crippen LogP contribution in [-0.4, -0.2) is 9.97 Å². The van der Waals surface area contributed by atoms with Crippen molar-refractivity contribution in [2.45, 2.75) is 19.8 Å². The maximum absolute atomic E-state index is 4.18. The van der Waals surface area contributed by atoms with E-state index in [-0.39, 0.29) is 0 Å². The van der Waals surface area contributed by atoms with Gasteiger partial charge in [-0.2, -0.15) is 0 Å². The van der Waals surface area contributed by atoms with Crippen molar-refractivity contribution in [2.75, 3.05) is 0 Å². The van der Waals surface area contributed by atoms with E-state index in [1.54, 1.807) is 6.20 Å².